The molecule has 0 radical (unpaired) electrons. The third-order valence-electron chi connectivity index (χ3n) is 4.66. The van der Waals surface area contributed by atoms with Gasteiger partial charge in [0.1, 0.15) is 17.0 Å². The number of amides is 1. The number of thioether (sulfide) groups is 1. The summed E-state index contributed by atoms with van der Waals surface area (Å²) >= 11 is 1.34. The Hall–Kier alpha value is -2.62. The number of aryl methyl sites for hydroxylation is 3. The van der Waals surface area contributed by atoms with Gasteiger partial charge < -0.3 is 8.98 Å². The SMILES string of the molecule is Cc1n[nH]c(=O)c2c(NC(=O)CSc3nnc4n3CCCCC4)oc(C)c12. The van der Waals surface area contributed by atoms with Gasteiger partial charge in [-0.05, 0) is 26.7 Å². The molecule has 0 fully saturated rings. The maximum atomic E-state index is 12.4. The van der Waals surface area contributed by atoms with E-state index < -0.39 is 5.56 Å². The number of hydrogen-bond acceptors (Lipinski definition) is 7. The van der Waals surface area contributed by atoms with E-state index in [2.05, 4.69) is 30.3 Å². The predicted molar refractivity (Wildman–Crippen MR) is 101 cm³/mol. The molecule has 4 rings (SSSR count). The first-order chi connectivity index (χ1) is 13.0. The van der Waals surface area contributed by atoms with E-state index in [1.807, 2.05) is 0 Å². The average Bonchev–Trinajstić information content (AvgIpc) is 3.08. The van der Waals surface area contributed by atoms with Gasteiger partial charge in [0.15, 0.2) is 5.16 Å². The molecule has 0 aliphatic carbocycles. The van der Waals surface area contributed by atoms with Gasteiger partial charge in [-0.3, -0.25) is 14.9 Å². The van der Waals surface area contributed by atoms with Crippen molar-refractivity contribution >= 4 is 34.3 Å². The van der Waals surface area contributed by atoms with Crippen LogP contribution in [0, 0.1) is 13.8 Å². The van der Waals surface area contributed by atoms with Crippen LogP contribution >= 0.6 is 11.8 Å². The van der Waals surface area contributed by atoms with E-state index in [9.17, 15) is 9.59 Å². The third-order valence-corrected chi connectivity index (χ3v) is 5.63. The highest BCUT2D eigenvalue weighted by Gasteiger charge is 2.20. The number of carbonyl (C=O) groups excluding carboxylic acids is 1. The van der Waals surface area contributed by atoms with Gasteiger partial charge in [-0.25, -0.2) is 5.10 Å². The van der Waals surface area contributed by atoms with Crippen LogP contribution in [0.3, 0.4) is 0 Å². The lowest BCUT2D eigenvalue weighted by Gasteiger charge is -2.06. The second-order valence-electron chi connectivity index (χ2n) is 6.57. The van der Waals surface area contributed by atoms with Gasteiger partial charge in [-0.15, -0.1) is 10.2 Å². The van der Waals surface area contributed by atoms with Crippen molar-refractivity contribution in [2.45, 2.75) is 51.2 Å². The molecule has 3 aromatic heterocycles. The first-order valence-electron chi connectivity index (χ1n) is 8.87. The number of nitrogens with one attached hydrogen (secondary N) is 2. The summed E-state index contributed by atoms with van der Waals surface area (Å²) < 4.78 is 7.70. The van der Waals surface area contributed by atoms with Gasteiger partial charge >= 0.3 is 0 Å². The Morgan fingerprint density at radius 3 is 2.96 bits per heavy atom. The van der Waals surface area contributed by atoms with Crippen molar-refractivity contribution in [1.82, 2.24) is 25.0 Å². The fourth-order valence-electron chi connectivity index (χ4n) is 3.39. The molecule has 0 saturated carbocycles. The Balaban J connectivity index is 1.50. The standard InChI is InChI=1S/C17H20N6O3S/c1-9-13-10(2)26-16(14(13)15(25)21-19-9)18-12(24)8-27-17-22-20-11-6-4-3-5-7-23(11)17/h3-8H2,1-2H3,(H,18,24)(H,21,25). The Morgan fingerprint density at radius 2 is 2.11 bits per heavy atom. The van der Waals surface area contributed by atoms with Crippen molar-refractivity contribution in [1.29, 1.82) is 0 Å². The minimum atomic E-state index is -0.391. The summed E-state index contributed by atoms with van der Waals surface area (Å²) in [6.45, 7) is 4.40. The quantitative estimate of drug-likeness (QED) is 0.658. The third kappa shape index (κ3) is 3.36. The molecule has 10 heteroatoms. The molecule has 3 aromatic rings. The van der Waals surface area contributed by atoms with Crippen LogP contribution < -0.4 is 10.9 Å². The summed E-state index contributed by atoms with van der Waals surface area (Å²) in [4.78, 5) is 24.5. The zero-order valence-corrected chi connectivity index (χ0v) is 16.0. The van der Waals surface area contributed by atoms with Crippen molar-refractivity contribution in [2.75, 3.05) is 11.1 Å². The minimum absolute atomic E-state index is 0.153. The first-order valence-corrected chi connectivity index (χ1v) is 9.86. The molecule has 0 saturated heterocycles. The molecule has 0 spiro atoms. The average molecular weight is 388 g/mol. The highest BCUT2D eigenvalue weighted by molar-refractivity contribution is 7.99. The number of carbonyl (C=O) groups is 1. The molecule has 0 bridgehead atoms. The van der Waals surface area contributed by atoms with Gasteiger partial charge in [0.25, 0.3) is 5.56 Å². The lowest BCUT2D eigenvalue weighted by Crippen LogP contribution is -2.17. The Labute approximate surface area is 158 Å². The van der Waals surface area contributed by atoms with Crippen LogP contribution in [0.2, 0.25) is 0 Å². The molecular formula is C17H20N6O3S. The second kappa shape index (κ2) is 7.18. The number of H-pyrrole nitrogens is 1. The van der Waals surface area contributed by atoms with Crippen LogP contribution in [-0.4, -0.2) is 36.6 Å². The number of aromatic nitrogens is 5. The van der Waals surface area contributed by atoms with Gasteiger partial charge in [0.2, 0.25) is 11.8 Å². The van der Waals surface area contributed by atoms with Crippen LogP contribution in [0.5, 0.6) is 0 Å². The first kappa shape index (κ1) is 17.8. The second-order valence-corrected chi connectivity index (χ2v) is 7.52. The van der Waals surface area contributed by atoms with Crippen molar-refractivity contribution in [3.8, 4) is 0 Å². The fraction of sp³-hybridized carbons (Fsp3) is 0.471. The summed E-state index contributed by atoms with van der Waals surface area (Å²) in [6, 6.07) is 0. The highest BCUT2D eigenvalue weighted by Crippen LogP contribution is 2.29. The van der Waals surface area contributed by atoms with E-state index in [0.29, 0.717) is 22.2 Å². The van der Waals surface area contributed by atoms with E-state index in [1.165, 1.54) is 18.2 Å². The molecule has 1 aliphatic rings. The summed E-state index contributed by atoms with van der Waals surface area (Å²) in [6.07, 6.45) is 4.32. The maximum absolute atomic E-state index is 12.4. The molecule has 0 atom stereocenters. The molecule has 142 valence electrons. The normalized spacial score (nSPS) is 14.1. The molecule has 9 nitrogen and oxygen atoms in total. The summed E-state index contributed by atoms with van der Waals surface area (Å²) in [7, 11) is 0. The highest BCUT2D eigenvalue weighted by atomic mass is 32.2. The van der Waals surface area contributed by atoms with Gasteiger partial charge in [-0.2, -0.15) is 5.10 Å². The zero-order valence-electron chi connectivity index (χ0n) is 15.2. The van der Waals surface area contributed by atoms with Crippen LogP contribution in [0.25, 0.3) is 10.8 Å². The maximum Gasteiger partial charge on any atom is 0.277 e. The van der Waals surface area contributed by atoms with E-state index in [1.54, 1.807) is 13.8 Å². The van der Waals surface area contributed by atoms with Crippen LogP contribution in [-0.2, 0) is 17.8 Å². The van der Waals surface area contributed by atoms with Crippen molar-refractivity contribution in [2.24, 2.45) is 0 Å². The predicted octanol–water partition coefficient (Wildman–Crippen LogP) is 2.18. The van der Waals surface area contributed by atoms with Gasteiger partial charge in [0, 0.05) is 13.0 Å². The molecule has 1 aliphatic heterocycles. The molecule has 0 aromatic carbocycles. The number of rotatable bonds is 4. The van der Waals surface area contributed by atoms with Crippen molar-refractivity contribution < 1.29 is 9.21 Å². The number of anilines is 1. The van der Waals surface area contributed by atoms with E-state index >= 15 is 0 Å². The smallest absolute Gasteiger partial charge is 0.277 e. The minimum Gasteiger partial charge on any atom is -0.444 e. The molecule has 2 N–H and O–H groups in total. The van der Waals surface area contributed by atoms with E-state index in [4.69, 9.17) is 4.42 Å². The van der Waals surface area contributed by atoms with E-state index in [0.717, 1.165) is 36.8 Å². The molecule has 0 unspecified atom stereocenters. The Kier molecular flexibility index (Phi) is 4.73. The number of hydrogen-bond donors (Lipinski definition) is 2. The van der Waals surface area contributed by atoms with Crippen LogP contribution in [0.4, 0.5) is 5.88 Å². The largest absolute Gasteiger partial charge is 0.444 e. The lowest BCUT2D eigenvalue weighted by atomic mass is 10.2. The van der Waals surface area contributed by atoms with Gasteiger partial charge in [-0.1, -0.05) is 18.2 Å². The van der Waals surface area contributed by atoms with Crippen LogP contribution in [0.15, 0.2) is 14.4 Å². The van der Waals surface area contributed by atoms with Crippen molar-refractivity contribution in [3.05, 3.63) is 27.6 Å². The fourth-order valence-corrected chi connectivity index (χ4v) is 4.17. The zero-order chi connectivity index (χ0) is 19.0. The number of furan rings is 1. The Bertz CT molecular complexity index is 1070. The topological polar surface area (TPSA) is 119 Å². The molecule has 4 heterocycles. The summed E-state index contributed by atoms with van der Waals surface area (Å²) in [5, 5.41) is 19.2. The van der Waals surface area contributed by atoms with Gasteiger partial charge in [0.05, 0.1) is 16.8 Å². The summed E-state index contributed by atoms with van der Waals surface area (Å²) in [5.41, 5.74) is 0.255. The van der Waals surface area contributed by atoms with E-state index in [-0.39, 0.29) is 17.5 Å². The number of nitrogens with zero attached hydrogens (tertiary/aromatic N) is 4. The number of fused-ring (bicyclic) bond motifs is 2. The van der Waals surface area contributed by atoms with Crippen LogP contribution in [0.1, 0.15) is 36.5 Å². The van der Waals surface area contributed by atoms with Crippen molar-refractivity contribution in [3.63, 3.8) is 0 Å². The number of aromatic amines is 1. The molecular weight excluding hydrogens is 368 g/mol. The molecule has 27 heavy (non-hydrogen) atoms. The lowest BCUT2D eigenvalue weighted by molar-refractivity contribution is -0.113. The molecule has 1 amide bonds. The monoisotopic (exact) mass is 388 g/mol. The Morgan fingerprint density at radius 1 is 1.26 bits per heavy atom. The summed E-state index contributed by atoms with van der Waals surface area (Å²) in [5.74, 6) is 1.57.